The molecule has 0 aliphatic heterocycles. The van der Waals surface area contributed by atoms with Crippen LogP contribution in [-0.2, 0) is 0 Å². The molecule has 0 aliphatic carbocycles. The lowest BCUT2D eigenvalue weighted by Crippen LogP contribution is -2.36. The molecule has 0 spiro atoms. The molecule has 0 bridgehead atoms. The summed E-state index contributed by atoms with van der Waals surface area (Å²) in [6.07, 6.45) is 0. The highest BCUT2D eigenvalue weighted by Gasteiger charge is 2.15. The molecule has 5 heteroatoms. The average molecular weight is 266 g/mol. The van der Waals surface area contributed by atoms with Gasteiger partial charge in [-0.2, -0.15) is 4.98 Å². The molecule has 0 fully saturated rings. The molecule has 0 radical (unpaired) electrons. The summed E-state index contributed by atoms with van der Waals surface area (Å²) >= 11 is 0. The third-order valence-electron chi connectivity index (χ3n) is 2.81. The summed E-state index contributed by atoms with van der Waals surface area (Å²) in [4.78, 5) is 10.9. The number of hydrogen-bond acceptors (Lipinski definition) is 5. The van der Waals surface area contributed by atoms with E-state index >= 15 is 0 Å². The van der Waals surface area contributed by atoms with Crippen molar-refractivity contribution in [3.8, 4) is 5.88 Å². The van der Waals surface area contributed by atoms with Crippen LogP contribution in [0.25, 0.3) is 0 Å². The molecule has 1 heterocycles. The highest BCUT2D eigenvalue weighted by molar-refractivity contribution is 5.39. The first-order valence-corrected chi connectivity index (χ1v) is 6.82. The second-order valence-corrected chi connectivity index (χ2v) is 5.33. The van der Waals surface area contributed by atoms with E-state index in [4.69, 9.17) is 4.74 Å². The molecular weight excluding hydrogens is 240 g/mol. The van der Waals surface area contributed by atoms with Gasteiger partial charge in [0, 0.05) is 18.7 Å². The zero-order chi connectivity index (χ0) is 14.4. The third kappa shape index (κ3) is 5.42. The van der Waals surface area contributed by atoms with Crippen LogP contribution in [0.1, 0.15) is 26.6 Å². The van der Waals surface area contributed by atoms with Gasteiger partial charge >= 0.3 is 0 Å². The Morgan fingerprint density at radius 2 is 2.00 bits per heavy atom. The van der Waals surface area contributed by atoms with Crippen molar-refractivity contribution in [3.05, 3.63) is 11.9 Å². The van der Waals surface area contributed by atoms with E-state index in [1.807, 2.05) is 19.9 Å². The molecule has 5 nitrogen and oxygen atoms in total. The van der Waals surface area contributed by atoms with Gasteiger partial charge < -0.3 is 15.0 Å². The number of aromatic nitrogens is 2. The van der Waals surface area contributed by atoms with Gasteiger partial charge in [-0.1, -0.05) is 13.8 Å². The molecule has 0 saturated heterocycles. The Labute approximate surface area is 116 Å². The number of nitrogens with zero attached hydrogens (tertiary/aromatic N) is 3. The molecular formula is C14H26N4O. The molecule has 1 rings (SSSR count). The monoisotopic (exact) mass is 266 g/mol. The zero-order valence-corrected chi connectivity index (χ0v) is 12.9. The van der Waals surface area contributed by atoms with Crippen LogP contribution in [0.15, 0.2) is 6.07 Å². The van der Waals surface area contributed by atoms with Crippen LogP contribution in [0.2, 0.25) is 0 Å². The van der Waals surface area contributed by atoms with Crippen molar-refractivity contribution in [3.63, 3.8) is 0 Å². The maximum atomic E-state index is 5.45. The fraction of sp³-hybridized carbons (Fsp3) is 0.714. The summed E-state index contributed by atoms with van der Waals surface area (Å²) in [5.74, 6) is 2.70. The number of likely N-dealkylation sites (N-methyl/N-ethyl adjacent to an activating group) is 1. The molecule has 1 unspecified atom stereocenters. The molecule has 1 aromatic heterocycles. The fourth-order valence-electron chi connectivity index (χ4n) is 1.84. The first kappa shape index (κ1) is 15.7. The van der Waals surface area contributed by atoms with Crippen LogP contribution in [0, 0.1) is 12.8 Å². The Morgan fingerprint density at radius 1 is 1.32 bits per heavy atom. The fourth-order valence-corrected chi connectivity index (χ4v) is 1.84. The molecule has 0 amide bonds. The molecule has 0 aliphatic rings. The Hall–Kier alpha value is -1.36. The first-order valence-electron chi connectivity index (χ1n) is 6.82. The summed E-state index contributed by atoms with van der Waals surface area (Å²) in [5.41, 5.74) is 0. The predicted octanol–water partition coefficient (Wildman–Crippen LogP) is 2.18. The second-order valence-electron chi connectivity index (χ2n) is 5.33. The minimum Gasteiger partial charge on any atom is -0.478 e. The number of ether oxygens (including phenoxy) is 1. The standard InChI is InChI=1S/C14H26N4O/c1-7-19-14-8-13(15-11(4)16-14)17-12(10(2)3)9-18(5)6/h8,10,12H,7,9H2,1-6H3,(H,15,16,17). The van der Waals surface area contributed by atoms with Gasteiger partial charge in [0.05, 0.1) is 6.61 Å². The third-order valence-corrected chi connectivity index (χ3v) is 2.81. The van der Waals surface area contributed by atoms with Crippen molar-refractivity contribution in [2.75, 3.05) is 32.6 Å². The largest absolute Gasteiger partial charge is 0.478 e. The summed E-state index contributed by atoms with van der Waals surface area (Å²) < 4.78 is 5.45. The maximum Gasteiger partial charge on any atom is 0.218 e. The number of aryl methyl sites for hydroxylation is 1. The Morgan fingerprint density at radius 3 is 2.53 bits per heavy atom. The van der Waals surface area contributed by atoms with Gasteiger partial charge in [0.1, 0.15) is 11.6 Å². The number of hydrogen-bond donors (Lipinski definition) is 1. The van der Waals surface area contributed by atoms with Gasteiger partial charge in [0.15, 0.2) is 0 Å². The molecule has 1 aromatic rings. The lowest BCUT2D eigenvalue weighted by molar-refractivity contribution is 0.324. The normalized spacial score (nSPS) is 12.8. The summed E-state index contributed by atoms with van der Waals surface area (Å²) in [6, 6.07) is 2.21. The van der Waals surface area contributed by atoms with Crippen molar-refractivity contribution >= 4 is 5.82 Å². The van der Waals surface area contributed by atoms with Gasteiger partial charge in [-0.05, 0) is 33.9 Å². The SMILES string of the molecule is CCOc1cc(NC(CN(C)C)C(C)C)nc(C)n1. The highest BCUT2D eigenvalue weighted by Crippen LogP contribution is 2.16. The molecule has 0 saturated carbocycles. The molecule has 0 aromatic carbocycles. The average Bonchev–Trinajstić information content (AvgIpc) is 2.27. The molecule has 1 atom stereocenters. The van der Waals surface area contributed by atoms with Crippen LogP contribution in [0.3, 0.4) is 0 Å². The van der Waals surface area contributed by atoms with E-state index in [0.29, 0.717) is 24.4 Å². The van der Waals surface area contributed by atoms with E-state index in [1.54, 1.807) is 0 Å². The first-order chi connectivity index (χ1) is 8.92. The van der Waals surface area contributed by atoms with Crippen LogP contribution in [0.4, 0.5) is 5.82 Å². The van der Waals surface area contributed by atoms with Crippen LogP contribution in [-0.4, -0.2) is 48.2 Å². The Bertz CT molecular complexity index is 393. The Kier molecular flexibility index (Phi) is 6.02. The predicted molar refractivity (Wildman–Crippen MR) is 78.7 cm³/mol. The van der Waals surface area contributed by atoms with Crippen LogP contribution in [0.5, 0.6) is 5.88 Å². The van der Waals surface area contributed by atoms with Gasteiger partial charge in [0.25, 0.3) is 0 Å². The minimum atomic E-state index is 0.346. The number of rotatable bonds is 7. The molecule has 19 heavy (non-hydrogen) atoms. The van der Waals surface area contributed by atoms with Gasteiger partial charge in [-0.25, -0.2) is 4.98 Å². The van der Waals surface area contributed by atoms with Gasteiger partial charge in [-0.15, -0.1) is 0 Å². The highest BCUT2D eigenvalue weighted by atomic mass is 16.5. The molecule has 1 N–H and O–H groups in total. The van der Waals surface area contributed by atoms with Crippen LogP contribution >= 0.6 is 0 Å². The van der Waals surface area contributed by atoms with Crippen molar-refractivity contribution in [2.24, 2.45) is 5.92 Å². The van der Waals surface area contributed by atoms with E-state index in [1.165, 1.54) is 0 Å². The summed E-state index contributed by atoms with van der Waals surface area (Å²) in [5, 5.41) is 3.48. The van der Waals surface area contributed by atoms with E-state index in [9.17, 15) is 0 Å². The van der Waals surface area contributed by atoms with E-state index < -0.39 is 0 Å². The zero-order valence-electron chi connectivity index (χ0n) is 12.9. The number of anilines is 1. The number of nitrogens with one attached hydrogen (secondary N) is 1. The van der Waals surface area contributed by atoms with E-state index in [0.717, 1.165) is 18.2 Å². The van der Waals surface area contributed by atoms with E-state index in [2.05, 4.69) is 48.1 Å². The quantitative estimate of drug-likeness (QED) is 0.820. The summed E-state index contributed by atoms with van der Waals surface area (Å²) in [6.45, 7) is 9.82. The van der Waals surface area contributed by atoms with E-state index in [-0.39, 0.29) is 0 Å². The smallest absolute Gasteiger partial charge is 0.218 e. The topological polar surface area (TPSA) is 50.3 Å². The minimum absolute atomic E-state index is 0.346. The molecule has 108 valence electrons. The van der Waals surface area contributed by atoms with Crippen molar-refractivity contribution in [2.45, 2.75) is 33.7 Å². The van der Waals surface area contributed by atoms with Crippen molar-refractivity contribution < 1.29 is 4.74 Å². The Balaban J connectivity index is 2.83. The van der Waals surface area contributed by atoms with Gasteiger partial charge in [0.2, 0.25) is 5.88 Å². The second kappa shape index (κ2) is 7.28. The van der Waals surface area contributed by atoms with Gasteiger partial charge in [-0.3, -0.25) is 0 Å². The lowest BCUT2D eigenvalue weighted by Gasteiger charge is -2.26. The summed E-state index contributed by atoms with van der Waals surface area (Å²) in [7, 11) is 4.15. The van der Waals surface area contributed by atoms with Crippen molar-refractivity contribution in [1.82, 2.24) is 14.9 Å². The van der Waals surface area contributed by atoms with Crippen molar-refractivity contribution in [1.29, 1.82) is 0 Å². The maximum absolute atomic E-state index is 5.45. The lowest BCUT2D eigenvalue weighted by atomic mass is 10.0. The van der Waals surface area contributed by atoms with Crippen LogP contribution < -0.4 is 10.1 Å².